The number of nitrogens with one attached hydrogen (secondary N) is 2. The molecule has 2 N–H and O–H groups in total. The molecule has 0 saturated heterocycles. The summed E-state index contributed by atoms with van der Waals surface area (Å²) in [6.07, 6.45) is 6.86. The van der Waals surface area contributed by atoms with Gasteiger partial charge < -0.3 is 10.6 Å². The van der Waals surface area contributed by atoms with E-state index >= 15 is 0 Å². The van der Waals surface area contributed by atoms with Gasteiger partial charge in [0.15, 0.2) is 0 Å². The Kier molecular flexibility index (Phi) is 4.49. The van der Waals surface area contributed by atoms with Crippen molar-refractivity contribution in [1.29, 1.82) is 0 Å². The van der Waals surface area contributed by atoms with Crippen LogP contribution in [0.15, 0.2) is 54.6 Å². The zero-order valence-electron chi connectivity index (χ0n) is 14.8. The average molecular weight is 350 g/mol. The average Bonchev–Trinajstić information content (AvgIpc) is 3.12. The number of hydrogen-bond acceptors (Lipinski definition) is 2. The minimum absolute atomic E-state index is 0.0546. The molecule has 2 aromatic carbocycles. The van der Waals surface area contributed by atoms with Crippen LogP contribution < -0.4 is 10.6 Å². The van der Waals surface area contributed by atoms with Crippen molar-refractivity contribution < 1.29 is 9.18 Å². The second-order valence-electron chi connectivity index (χ2n) is 7.13. The molecule has 3 unspecified atom stereocenters. The predicted molar refractivity (Wildman–Crippen MR) is 103 cm³/mol. The third-order valence-corrected chi connectivity index (χ3v) is 5.35. The fourth-order valence-electron chi connectivity index (χ4n) is 4.12. The van der Waals surface area contributed by atoms with Crippen LogP contribution in [-0.2, 0) is 4.79 Å². The van der Waals surface area contributed by atoms with E-state index in [2.05, 4.69) is 28.9 Å². The van der Waals surface area contributed by atoms with Crippen LogP contribution in [0.3, 0.4) is 0 Å². The lowest BCUT2D eigenvalue weighted by Gasteiger charge is -2.37. The highest BCUT2D eigenvalue weighted by molar-refractivity contribution is 5.91. The number of hydrogen-bond donors (Lipinski definition) is 2. The Bertz CT molecular complexity index is 844. The van der Waals surface area contributed by atoms with E-state index in [-0.39, 0.29) is 17.8 Å². The van der Waals surface area contributed by atoms with Gasteiger partial charge in [0.2, 0.25) is 5.91 Å². The molecule has 0 bridgehead atoms. The molecule has 1 aliphatic heterocycles. The van der Waals surface area contributed by atoms with Gasteiger partial charge in [0.1, 0.15) is 5.82 Å². The molecule has 0 spiro atoms. The van der Waals surface area contributed by atoms with E-state index in [1.165, 1.54) is 17.7 Å². The molecular weight excluding hydrogens is 327 g/mol. The minimum Gasteiger partial charge on any atom is -0.378 e. The largest absolute Gasteiger partial charge is 0.378 e. The van der Waals surface area contributed by atoms with E-state index in [1.54, 1.807) is 0 Å². The van der Waals surface area contributed by atoms with Crippen molar-refractivity contribution >= 4 is 17.3 Å². The molecular formula is C22H23FN2O. The summed E-state index contributed by atoms with van der Waals surface area (Å²) in [7, 11) is 0. The van der Waals surface area contributed by atoms with Crippen LogP contribution in [0.4, 0.5) is 15.8 Å². The summed E-state index contributed by atoms with van der Waals surface area (Å²) in [4.78, 5) is 11.9. The van der Waals surface area contributed by atoms with E-state index in [1.807, 2.05) is 31.2 Å². The van der Waals surface area contributed by atoms with Gasteiger partial charge >= 0.3 is 0 Å². The molecule has 1 heterocycles. The minimum atomic E-state index is -0.210. The molecule has 0 radical (unpaired) electrons. The van der Waals surface area contributed by atoms with Crippen molar-refractivity contribution in [2.24, 2.45) is 5.92 Å². The third kappa shape index (κ3) is 3.12. The molecule has 0 saturated carbocycles. The molecule has 4 heteroatoms. The Morgan fingerprint density at radius 1 is 1.23 bits per heavy atom. The summed E-state index contributed by atoms with van der Waals surface area (Å²) in [5.74, 6) is 0.552. The lowest BCUT2D eigenvalue weighted by Crippen LogP contribution is -2.29. The van der Waals surface area contributed by atoms with Crippen LogP contribution in [0, 0.1) is 11.7 Å². The first-order valence-electron chi connectivity index (χ1n) is 9.28. The Labute approximate surface area is 153 Å². The van der Waals surface area contributed by atoms with Gasteiger partial charge in [-0.25, -0.2) is 4.39 Å². The van der Waals surface area contributed by atoms with Gasteiger partial charge in [0.05, 0.1) is 6.04 Å². The monoisotopic (exact) mass is 350 g/mol. The first kappa shape index (κ1) is 16.8. The van der Waals surface area contributed by atoms with E-state index in [0.29, 0.717) is 18.3 Å². The van der Waals surface area contributed by atoms with Gasteiger partial charge in [-0.05, 0) is 60.2 Å². The Morgan fingerprint density at radius 3 is 2.81 bits per heavy atom. The van der Waals surface area contributed by atoms with Crippen LogP contribution in [0.25, 0.3) is 0 Å². The molecule has 26 heavy (non-hydrogen) atoms. The van der Waals surface area contributed by atoms with Crippen LogP contribution in [0.1, 0.15) is 49.3 Å². The van der Waals surface area contributed by atoms with Gasteiger partial charge in [-0.15, -0.1) is 0 Å². The van der Waals surface area contributed by atoms with Crippen molar-refractivity contribution in [3.8, 4) is 0 Å². The smallest absolute Gasteiger partial charge is 0.224 e. The fourth-order valence-corrected chi connectivity index (χ4v) is 4.12. The zero-order chi connectivity index (χ0) is 18.1. The number of fused-ring (bicyclic) bond motifs is 3. The van der Waals surface area contributed by atoms with E-state index < -0.39 is 0 Å². The second-order valence-corrected chi connectivity index (χ2v) is 7.13. The van der Waals surface area contributed by atoms with E-state index in [9.17, 15) is 9.18 Å². The number of anilines is 2. The Hall–Kier alpha value is -2.62. The zero-order valence-corrected chi connectivity index (χ0v) is 14.8. The van der Waals surface area contributed by atoms with Crippen molar-refractivity contribution in [3.05, 3.63) is 71.6 Å². The fraction of sp³-hybridized carbons (Fsp3) is 0.318. The summed E-state index contributed by atoms with van der Waals surface area (Å²) in [6.45, 7) is 2.00. The Morgan fingerprint density at radius 2 is 2.04 bits per heavy atom. The predicted octanol–water partition coefficient (Wildman–Crippen LogP) is 5.39. The summed E-state index contributed by atoms with van der Waals surface area (Å²) in [5.41, 5.74) is 4.26. The summed E-state index contributed by atoms with van der Waals surface area (Å²) < 4.78 is 13.3. The standard InChI is InChI=1S/C22H23FN2O/c1-2-4-21(26)24-16-11-12-20-19(13-16)17-5-3-6-18(17)22(25-20)14-7-9-15(23)10-8-14/h3,5,7-13,17-18,22,25H,2,4,6H2,1H3,(H,24,26). The summed E-state index contributed by atoms with van der Waals surface area (Å²) in [6, 6.07) is 13.0. The highest BCUT2D eigenvalue weighted by Crippen LogP contribution is 2.50. The topological polar surface area (TPSA) is 41.1 Å². The molecule has 1 amide bonds. The summed E-state index contributed by atoms with van der Waals surface area (Å²) in [5, 5.41) is 6.62. The number of carbonyl (C=O) groups excluding carboxylic acids is 1. The third-order valence-electron chi connectivity index (χ3n) is 5.35. The first-order chi connectivity index (χ1) is 12.7. The highest BCUT2D eigenvalue weighted by atomic mass is 19.1. The van der Waals surface area contributed by atoms with Gasteiger partial charge in [-0.1, -0.05) is 31.2 Å². The number of rotatable bonds is 4. The lowest BCUT2D eigenvalue weighted by atomic mass is 9.77. The van der Waals surface area contributed by atoms with Crippen molar-refractivity contribution in [1.82, 2.24) is 0 Å². The molecule has 0 fully saturated rings. The van der Waals surface area contributed by atoms with Crippen LogP contribution in [0.5, 0.6) is 0 Å². The van der Waals surface area contributed by atoms with Gasteiger partial charge in [0, 0.05) is 23.7 Å². The maximum atomic E-state index is 13.3. The number of carbonyl (C=O) groups is 1. The van der Waals surface area contributed by atoms with Crippen molar-refractivity contribution in [2.45, 2.75) is 38.1 Å². The molecule has 4 rings (SSSR count). The second kappa shape index (κ2) is 6.94. The first-order valence-corrected chi connectivity index (χ1v) is 9.28. The summed E-state index contributed by atoms with van der Waals surface area (Å²) >= 11 is 0. The number of halogens is 1. The normalized spacial score (nSPS) is 23.1. The molecule has 134 valence electrons. The molecule has 2 aliphatic rings. The van der Waals surface area contributed by atoms with E-state index in [4.69, 9.17) is 0 Å². The van der Waals surface area contributed by atoms with Gasteiger partial charge in [0.25, 0.3) is 0 Å². The van der Waals surface area contributed by atoms with Crippen molar-refractivity contribution in [3.63, 3.8) is 0 Å². The number of allylic oxidation sites excluding steroid dienone is 2. The van der Waals surface area contributed by atoms with Crippen LogP contribution >= 0.6 is 0 Å². The molecule has 1 aliphatic carbocycles. The lowest BCUT2D eigenvalue weighted by molar-refractivity contribution is -0.116. The maximum absolute atomic E-state index is 13.3. The maximum Gasteiger partial charge on any atom is 0.224 e. The van der Waals surface area contributed by atoms with Crippen molar-refractivity contribution in [2.75, 3.05) is 10.6 Å². The number of amides is 1. The quantitative estimate of drug-likeness (QED) is 0.726. The van der Waals surface area contributed by atoms with Gasteiger partial charge in [-0.3, -0.25) is 4.79 Å². The number of benzene rings is 2. The van der Waals surface area contributed by atoms with Gasteiger partial charge in [-0.2, -0.15) is 0 Å². The molecule has 3 nitrogen and oxygen atoms in total. The highest BCUT2D eigenvalue weighted by Gasteiger charge is 2.37. The van der Waals surface area contributed by atoms with Crippen LogP contribution in [-0.4, -0.2) is 5.91 Å². The SMILES string of the molecule is CCCC(=O)Nc1ccc2c(c1)C1C=CCC1C(c1ccc(F)cc1)N2. The molecule has 0 aromatic heterocycles. The molecule has 2 aromatic rings. The van der Waals surface area contributed by atoms with E-state index in [0.717, 1.165) is 29.8 Å². The van der Waals surface area contributed by atoms with Crippen LogP contribution in [0.2, 0.25) is 0 Å². The molecule has 3 atom stereocenters. The Balaban J connectivity index is 1.64.